The summed E-state index contributed by atoms with van der Waals surface area (Å²) in [5.74, 6) is -0.131. The van der Waals surface area contributed by atoms with Gasteiger partial charge >= 0.3 is 0 Å². The number of nitrogens with one attached hydrogen (secondary N) is 1. The number of halogens is 2. The van der Waals surface area contributed by atoms with Crippen molar-refractivity contribution in [2.75, 3.05) is 5.75 Å². The molecule has 0 aliphatic rings. The van der Waals surface area contributed by atoms with Crippen LogP contribution in [-0.4, -0.2) is 21.6 Å². The number of amides is 1. The van der Waals surface area contributed by atoms with Crippen molar-refractivity contribution in [1.29, 1.82) is 0 Å². The lowest BCUT2D eigenvalue weighted by Crippen LogP contribution is -2.24. The minimum Gasteiger partial charge on any atom is -0.351 e. The highest BCUT2D eigenvalue weighted by atomic mass is 32.2. The third-order valence-electron chi connectivity index (χ3n) is 4.98. The fourth-order valence-corrected chi connectivity index (χ4v) is 4.03. The Morgan fingerprint density at radius 2 is 1.56 bits per heavy atom. The predicted octanol–water partition coefficient (Wildman–Crippen LogP) is 5.55. The Labute approximate surface area is 189 Å². The number of aromatic nitrogens is 2. The SMILES string of the molecule is CCc1ccc2nc(-c3ccc(F)cc3)nc(SCC(=O)NCc3ccc(F)cc3)c2c1. The first kappa shape index (κ1) is 21.9. The van der Waals surface area contributed by atoms with Gasteiger partial charge in [-0.2, -0.15) is 0 Å². The number of benzene rings is 3. The number of thioether (sulfide) groups is 1. The maximum atomic E-state index is 13.3. The molecule has 1 amide bonds. The van der Waals surface area contributed by atoms with Gasteiger partial charge in [0.05, 0.1) is 11.3 Å². The predicted molar refractivity (Wildman–Crippen MR) is 123 cm³/mol. The highest BCUT2D eigenvalue weighted by molar-refractivity contribution is 8.00. The van der Waals surface area contributed by atoms with Crippen molar-refractivity contribution in [2.24, 2.45) is 0 Å². The molecule has 0 aliphatic carbocycles. The van der Waals surface area contributed by atoms with E-state index in [-0.39, 0.29) is 23.3 Å². The molecule has 162 valence electrons. The van der Waals surface area contributed by atoms with Crippen molar-refractivity contribution < 1.29 is 13.6 Å². The second-order valence-electron chi connectivity index (χ2n) is 7.26. The summed E-state index contributed by atoms with van der Waals surface area (Å²) in [6.07, 6.45) is 0.873. The molecule has 0 radical (unpaired) electrons. The summed E-state index contributed by atoms with van der Waals surface area (Å²) >= 11 is 1.33. The average Bonchev–Trinajstić information content (AvgIpc) is 2.82. The van der Waals surface area contributed by atoms with Gasteiger partial charge in [-0.25, -0.2) is 18.7 Å². The standard InChI is InChI=1S/C25H21F2N3OS/c1-2-16-5-12-22-21(13-16)25(30-24(29-22)18-6-10-20(27)11-7-18)32-15-23(31)28-14-17-3-8-19(26)9-4-17/h3-13H,2,14-15H2,1H3,(H,28,31). The van der Waals surface area contributed by atoms with Crippen LogP contribution in [0.5, 0.6) is 0 Å². The minimum atomic E-state index is -0.324. The van der Waals surface area contributed by atoms with Crippen LogP contribution in [0.25, 0.3) is 22.3 Å². The maximum Gasteiger partial charge on any atom is 0.230 e. The molecular formula is C25H21F2N3OS. The average molecular weight is 450 g/mol. The lowest BCUT2D eigenvalue weighted by Gasteiger charge is -2.10. The summed E-state index contributed by atoms with van der Waals surface area (Å²) in [5.41, 5.74) is 3.45. The van der Waals surface area contributed by atoms with E-state index in [1.807, 2.05) is 18.2 Å². The van der Waals surface area contributed by atoms with Crippen LogP contribution in [0.2, 0.25) is 0 Å². The van der Waals surface area contributed by atoms with Crippen LogP contribution in [0.3, 0.4) is 0 Å². The summed E-state index contributed by atoms with van der Waals surface area (Å²) in [5, 5.41) is 4.42. The molecule has 0 bridgehead atoms. The Morgan fingerprint density at radius 1 is 0.906 bits per heavy atom. The van der Waals surface area contributed by atoms with E-state index in [0.29, 0.717) is 23.0 Å². The highest BCUT2D eigenvalue weighted by Gasteiger charge is 2.13. The van der Waals surface area contributed by atoms with E-state index in [1.54, 1.807) is 24.3 Å². The molecule has 0 fully saturated rings. The molecule has 32 heavy (non-hydrogen) atoms. The molecule has 0 spiro atoms. The second-order valence-corrected chi connectivity index (χ2v) is 8.22. The van der Waals surface area contributed by atoms with Crippen LogP contribution in [0.1, 0.15) is 18.1 Å². The number of rotatable bonds is 7. The van der Waals surface area contributed by atoms with Crippen LogP contribution in [0.4, 0.5) is 8.78 Å². The number of hydrogen-bond donors (Lipinski definition) is 1. The number of carbonyl (C=O) groups excluding carboxylic acids is 1. The summed E-state index contributed by atoms with van der Waals surface area (Å²) in [4.78, 5) is 21.7. The maximum absolute atomic E-state index is 13.3. The van der Waals surface area contributed by atoms with Gasteiger partial charge in [-0.05, 0) is 66.1 Å². The Hall–Kier alpha value is -3.32. The zero-order valence-corrected chi connectivity index (χ0v) is 18.3. The molecule has 1 N–H and O–H groups in total. The topological polar surface area (TPSA) is 54.9 Å². The molecule has 0 unspecified atom stereocenters. The summed E-state index contributed by atoms with van der Waals surface area (Å²) < 4.78 is 26.4. The van der Waals surface area contributed by atoms with E-state index in [2.05, 4.69) is 22.2 Å². The first-order valence-electron chi connectivity index (χ1n) is 10.2. The highest BCUT2D eigenvalue weighted by Crippen LogP contribution is 2.29. The summed E-state index contributed by atoms with van der Waals surface area (Å²) in [7, 11) is 0. The number of nitrogens with zero attached hydrogens (tertiary/aromatic N) is 2. The van der Waals surface area contributed by atoms with Gasteiger partial charge in [0.2, 0.25) is 5.91 Å². The quantitative estimate of drug-likeness (QED) is 0.297. The van der Waals surface area contributed by atoms with Crippen molar-refractivity contribution >= 4 is 28.6 Å². The minimum absolute atomic E-state index is 0.152. The monoisotopic (exact) mass is 449 g/mol. The van der Waals surface area contributed by atoms with Gasteiger partial charge in [0.15, 0.2) is 5.82 Å². The molecule has 4 aromatic rings. The van der Waals surface area contributed by atoms with Gasteiger partial charge in [0.25, 0.3) is 0 Å². The smallest absolute Gasteiger partial charge is 0.230 e. The second kappa shape index (κ2) is 9.87. The molecule has 0 saturated carbocycles. The van der Waals surface area contributed by atoms with Gasteiger partial charge in [-0.15, -0.1) is 0 Å². The zero-order chi connectivity index (χ0) is 22.5. The van der Waals surface area contributed by atoms with E-state index in [9.17, 15) is 13.6 Å². The zero-order valence-electron chi connectivity index (χ0n) is 17.4. The summed E-state index contributed by atoms with van der Waals surface area (Å²) in [6.45, 7) is 2.40. The normalized spacial score (nSPS) is 11.0. The van der Waals surface area contributed by atoms with Gasteiger partial charge in [-0.1, -0.05) is 36.9 Å². The fraction of sp³-hybridized carbons (Fsp3) is 0.160. The molecule has 0 aliphatic heterocycles. The van der Waals surface area contributed by atoms with Crippen LogP contribution in [-0.2, 0) is 17.8 Å². The van der Waals surface area contributed by atoms with Crippen molar-refractivity contribution in [3.63, 3.8) is 0 Å². The van der Waals surface area contributed by atoms with Gasteiger partial charge in [0, 0.05) is 17.5 Å². The van der Waals surface area contributed by atoms with Crippen LogP contribution < -0.4 is 5.32 Å². The van der Waals surface area contributed by atoms with Crippen molar-refractivity contribution in [2.45, 2.75) is 24.9 Å². The third kappa shape index (κ3) is 5.29. The van der Waals surface area contributed by atoms with Gasteiger partial charge in [0.1, 0.15) is 16.7 Å². The first-order valence-corrected chi connectivity index (χ1v) is 11.2. The van der Waals surface area contributed by atoms with Crippen molar-refractivity contribution in [3.8, 4) is 11.4 Å². The summed E-state index contributed by atoms with van der Waals surface area (Å²) in [6, 6.07) is 18.1. The van der Waals surface area contributed by atoms with Crippen molar-refractivity contribution in [3.05, 3.63) is 89.5 Å². The third-order valence-corrected chi connectivity index (χ3v) is 5.97. The lowest BCUT2D eigenvalue weighted by atomic mass is 10.1. The fourth-order valence-electron chi connectivity index (χ4n) is 3.19. The molecule has 1 heterocycles. The molecule has 0 atom stereocenters. The van der Waals surface area contributed by atoms with E-state index >= 15 is 0 Å². The van der Waals surface area contributed by atoms with Gasteiger partial charge in [-0.3, -0.25) is 4.79 Å². The Morgan fingerprint density at radius 3 is 2.25 bits per heavy atom. The van der Waals surface area contributed by atoms with Gasteiger partial charge < -0.3 is 5.32 Å². The largest absolute Gasteiger partial charge is 0.351 e. The Bertz CT molecular complexity index is 1240. The number of carbonyl (C=O) groups is 1. The molecule has 1 aromatic heterocycles. The van der Waals surface area contributed by atoms with Crippen LogP contribution in [0, 0.1) is 11.6 Å². The first-order chi connectivity index (χ1) is 15.5. The number of hydrogen-bond acceptors (Lipinski definition) is 4. The lowest BCUT2D eigenvalue weighted by molar-refractivity contribution is -0.118. The Kier molecular flexibility index (Phi) is 6.75. The van der Waals surface area contributed by atoms with E-state index < -0.39 is 0 Å². The van der Waals surface area contributed by atoms with Crippen LogP contribution in [0.15, 0.2) is 71.8 Å². The van der Waals surface area contributed by atoms with Crippen LogP contribution >= 0.6 is 11.8 Å². The number of fused-ring (bicyclic) bond motifs is 1. The molecular weight excluding hydrogens is 428 g/mol. The molecule has 4 rings (SSSR count). The van der Waals surface area contributed by atoms with Crippen molar-refractivity contribution in [1.82, 2.24) is 15.3 Å². The molecule has 7 heteroatoms. The van der Waals surface area contributed by atoms with E-state index in [1.165, 1.54) is 36.0 Å². The Balaban J connectivity index is 1.55. The molecule has 4 nitrogen and oxygen atoms in total. The van der Waals surface area contributed by atoms with E-state index in [4.69, 9.17) is 0 Å². The van der Waals surface area contributed by atoms with E-state index in [0.717, 1.165) is 28.5 Å². The molecule has 0 saturated heterocycles. The molecule has 3 aromatic carbocycles. The number of aryl methyl sites for hydroxylation is 1.